The summed E-state index contributed by atoms with van der Waals surface area (Å²) in [4.78, 5) is 0. The minimum atomic E-state index is 1.07. The summed E-state index contributed by atoms with van der Waals surface area (Å²) in [6, 6.07) is 0. The van der Waals surface area contributed by atoms with Gasteiger partial charge in [0.15, 0.2) is 0 Å². The van der Waals surface area contributed by atoms with Crippen molar-refractivity contribution in [2.24, 2.45) is 64.6 Å². The molecule has 0 heterocycles. The molecule has 12 heavy (non-hydrogen) atoms. The Bertz CT molecular complexity index is 359. The molecule has 2 bridgehead atoms. The molecule has 0 heteroatoms. The van der Waals surface area contributed by atoms with Crippen molar-refractivity contribution in [2.75, 3.05) is 0 Å². The average molecular weight is 156 g/mol. The molecular weight excluding hydrogens is 144 g/mol. The quantitative estimate of drug-likeness (QED) is 0.500. The number of fused-ring (bicyclic) bond motifs is 4. The molecule has 0 N–H and O–H groups in total. The Kier molecular flexibility index (Phi) is 0.300. The van der Waals surface area contributed by atoms with Crippen molar-refractivity contribution in [3.63, 3.8) is 0 Å². The van der Waals surface area contributed by atoms with Crippen LogP contribution in [0.25, 0.3) is 0 Å². The van der Waals surface area contributed by atoms with Crippen molar-refractivity contribution in [1.29, 1.82) is 0 Å². The van der Waals surface area contributed by atoms with Gasteiger partial charge in [-0.3, -0.25) is 0 Å². The minimum Gasteiger partial charge on any atom is -0.0433 e. The van der Waals surface area contributed by atoms with E-state index in [1.165, 1.54) is 59.2 Å². The van der Waals surface area contributed by atoms with Gasteiger partial charge >= 0.3 is 0 Å². The van der Waals surface area contributed by atoms with E-state index in [9.17, 15) is 0 Å². The maximum Gasteiger partial charge on any atom is -0.0193 e. The maximum absolute atomic E-state index is 1.73. The molecule has 0 saturated heterocycles. The predicted octanol–water partition coefficient (Wildman–Crippen LogP) is 1.62. The van der Waals surface area contributed by atoms with Crippen molar-refractivity contribution >= 4 is 0 Å². The summed E-state index contributed by atoms with van der Waals surface area (Å²) >= 11 is 0. The van der Waals surface area contributed by atoms with E-state index >= 15 is 0 Å². The normalized spacial score (nSPS) is 108. The van der Waals surface area contributed by atoms with E-state index in [2.05, 4.69) is 0 Å². The second-order valence-corrected chi connectivity index (χ2v) is 7.02. The fourth-order valence-electron chi connectivity index (χ4n) is 8.76. The first-order valence-electron chi connectivity index (χ1n) is 5.96. The van der Waals surface area contributed by atoms with Crippen molar-refractivity contribution in [3.8, 4) is 0 Å². The van der Waals surface area contributed by atoms with E-state index in [4.69, 9.17) is 0 Å². The Hall–Kier alpha value is 0. The zero-order chi connectivity index (χ0) is 6.98. The number of hydrogen-bond donors (Lipinski definition) is 0. The van der Waals surface area contributed by atoms with Gasteiger partial charge < -0.3 is 0 Å². The predicted molar refractivity (Wildman–Crippen MR) is 42.0 cm³/mol. The average Bonchev–Trinajstić information content (AvgIpc) is 2.14. The van der Waals surface area contributed by atoms with E-state index < -0.39 is 0 Å². The molecule has 7 saturated carbocycles. The lowest BCUT2D eigenvalue weighted by atomic mass is 9.20. The molecule has 7 rings (SSSR count). The van der Waals surface area contributed by atoms with Crippen LogP contribution in [0.5, 0.6) is 0 Å². The molecule has 0 aromatic rings. The third-order valence-electron chi connectivity index (χ3n) is 8.15. The highest BCUT2D eigenvalue weighted by molar-refractivity contribution is 5.49. The Morgan fingerprint density at radius 1 is 0.667 bits per heavy atom. The lowest BCUT2D eigenvalue weighted by Gasteiger charge is -2.84. The molecule has 0 aromatic heterocycles. The number of hydrogen-bond acceptors (Lipinski definition) is 0. The van der Waals surface area contributed by atoms with E-state index in [0.29, 0.717) is 0 Å². The molecule has 1 spiro atoms. The molecule has 11 atom stereocenters. The molecule has 11 unspecified atom stereocenters. The van der Waals surface area contributed by atoms with E-state index in [-0.39, 0.29) is 0 Å². The SMILES string of the molecule is C1C2C3C4C5C6C4C3C13C2C5C63. The van der Waals surface area contributed by atoms with Gasteiger partial charge in [0.05, 0.1) is 0 Å². The van der Waals surface area contributed by atoms with Crippen LogP contribution in [0.15, 0.2) is 0 Å². The van der Waals surface area contributed by atoms with Gasteiger partial charge in [-0.2, -0.15) is 0 Å². The topological polar surface area (TPSA) is 0 Å². The highest BCUT2D eigenvalue weighted by Crippen LogP contribution is 3.06. The highest BCUT2D eigenvalue weighted by Gasteiger charge is 3.03. The summed E-state index contributed by atoms with van der Waals surface area (Å²) in [5.41, 5.74) is 1.07. The van der Waals surface area contributed by atoms with Gasteiger partial charge in [0.25, 0.3) is 0 Å². The smallest absolute Gasteiger partial charge is 0.0193 e. The third kappa shape index (κ3) is 0.144. The Balaban J connectivity index is 1.79. The fourth-order valence-corrected chi connectivity index (χ4v) is 8.76. The van der Waals surface area contributed by atoms with Gasteiger partial charge in [-0.1, -0.05) is 0 Å². The molecule has 0 amide bonds. The second kappa shape index (κ2) is 0.804. The monoisotopic (exact) mass is 156 g/mol. The molecule has 60 valence electrons. The Morgan fingerprint density at radius 3 is 2.33 bits per heavy atom. The molecule has 0 nitrogen and oxygen atoms in total. The standard InChI is InChI=1S/C12H12/c1-2-3-4-5-7-6(4)10(3)12(1)9(2)8(5)11(7)12/h2-11H,1H2. The molecule has 0 radical (unpaired) electrons. The Morgan fingerprint density at radius 2 is 1.42 bits per heavy atom. The van der Waals surface area contributed by atoms with Gasteiger partial charge in [0.1, 0.15) is 0 Å². The summed E-state index contributed by atoms with van der Waals surface area (Å²) < 4.78 is 0. The second-order valence-electron chi connectivity index (χ2n) is 7.02. The summed E-state index contributed by atoms with van der Waals surface area (Å²) in [6.07, 6.45) is 1.73. The van der Waals surface area contributed by atoms with E-state index in [1.807, 2.05) is 0 Å². The summed E-state index contributed by atoms with van der Waals surface area (Å²) in [5, 5.41) is 0. The van der Waals surface area contributed by atoms with Crippen LogP contribution in [0.4, 0.5) is 0 Å². The molecule has 0 aliphatic heterocycles. The minimum absolute atomic E-state index is 1.07. The van der Waals surface area contributed by atoms with Gasteiger partial charge in [-0.05, 0) is 71.0 Å². The Labute approximate surface area is 71.7 Å². The van der Waals surface area contributed by atoms with Crippen LogP contribution < -0.4 is 0 Å². The zero-order valence-electron chi connectivity index (χ0n) is 6.98. The van der Waals surface area contributed by atoms with Crippen LogP contribution in [-0.4, -0.2) is 0 Å². The molecule has 7 aliphatic carbocycles. The van der Waals surface area contributed by atoms with E-state index in [0.717, 1.165) is 5.41 Å². The van der Waals surface area contributed by atoms with Crippen LogP contribution in [0, 0.1) is 64.6 Å². The lowest BCUT2D eigenvalue weighted by Crippen LogP contribution is -2.81. The molecule has 7 aliphatic rings. The van der Waals surface area contributed by atoms with Crippen molar-refractivity contribution in [2.45, 2.75) is 6.42 Å². The summed E-state index contributed by atoms with van der Waals surface area (Å²) in [7, 11) is 0. The first kappa shape index (κ1) is 4.48. The van der Waals surface area contributed by atoms with Crippen LogP contribution in [0.1, 0.15) is 6.42 Å². The van der Waals surface area contributed by atoms with Crippen LogP contribution in [0.3, 0.4) is 0 Å². The zero-order valence-corrected chi connectivity index (χ0v) is 6.98. The highest BCUT2D eigenvalue weighted by atomic mass is 15.1. The van der Waals surface area contributed by atoms with Crippen molar-refractivity contribution < 1.29 is 0 Å². The van der Waals surface area contributed by atoms with Crippen molar-refractivity contribution in [1.82, 2.24) is 0 Å². The number of rotatable bonds is 0. The fraction of sp³-hybridized carbons (Fsp3) is 1.00. The largest absolute Gasteiger partial charge is 0.0433 e. The van der Waals surface area contributed by atoms with Crippen molar-refractivity contribution in [3.05, 3.63) is 0 Å². The van der Waals surface area contributed by atoms with Crippen LogP contribution in [-0.2, 0) is 0 Å². The lowest BCUT2D eigenvalue weighted by molar-refractivity contribution is -0.378. The molecule has 0 aromatic carbocycles. The van der Waals surface area contributed by atoms with Gasteiger partial charge in [-0.15, -0.1) is 0 Å². The van der Waals surface area contributed by atoms with E-state index in [1.54, 1.807) is 6.42 Å². The van der Waals surface area contributed by atoms with Gasteiger partial charge in [0.2, 0.25) is 0 Å². The molecular formula is C12H12. The summed E-state index contributed by atoms with van der Waals surface area (Å²) in [5.74, 6) is 13.3. The maximum atomic E-state index is 1.73. The first-order valence-corrected chi connectivity index (χ1v) is 5.96. The van der Waals surface area contributed by atoms with Crippen LogP contribution in [0.2, 0.25) is 0 Å². The first-order chi connectivity index (χ1) is 5.96. The van der Waals surface area contributed by atoms with Gasteiger partial charge in [-0.25, -0.2) is 0 Å². The van der Waals surface area contributed by atoms with Gasteiger partial charge in [0, 0.05) is 0 Å². The molecule has 7 fully saturated rings. The summed E-state index contributed by atoms with van der Waals surface area (Å²) in [6.45, 7) is 0. The van der Waals surface area contributed by atoms with Crippen LogP contribution >= 0.6 is 0 Å². The third-order valence-corrected chi connectivity index (χ3v) is 8.15.